The fraction of sp³-hybridized carbons (Fsp3) is 0.214. The monoisotopic (exact) mass is 360 g/mol. The Hall–Kier alpha value is -1.76. The van der Waals surface area contributed by atoms with E-state index in [0.717, 1.165) is 16.6 Å². The lowest BCUT2D eigenvalue weighted by molar-refractivity contribution is -0.137. The Labute approximate surface area is 127 Å². The van der Waals surface area contributed by atoms with Gasteiger partial charge < -0.3 is 9.88 Å². The first-order chi connectivity index (χ1) is 9.68. The predicted molar refractivity (Wildman–Crippen MR) is 77.2 cm³/mol. The second-order valence-electron chi connectivity index (χ2n) is 4.64. The number of anilines is 1. The normalized spacial score (nSPS) is 11.5. The van der Waals surface area contributed by atoms with Crippen molar-refractivity contribution in [3.8, 4) is 0 Å². The second-order valence-corrected chi connectivity index (χ2v) is 5.55. The molecule has 2 rings (SSSR count). The number of carbonyl (C=O) groups is 1. The van der Waals surface area contributed by atoms with Crippen LogP contribution in [0.15, 0.2) is 34.9 Å². The lowest BCUT2D eigenvalue weighted by atomic mass is 10.1. The van der Waals surface area contributed by atoms with E-state index in [-0.39, 0.29) is 5.69 Å². The van der Waals surface area contributed by atoms with Gasteiger partial charge in [0, 0.05) is 23.4 Å². The number of aromatic nitrogens is 1. The summed E-state index contributed by atoms with van der Waals surface area (Å²) in [4.78, 5) is 12.1. The number of benzene rings is 1. The van der Waals surface area contributed by atoms with E-state index in [9.17, 15) is 18.0 Å². The van der Waals surface area contributed by atoms with Crippen LogP contribution in [-0.2, 0) is 13.2 Å². The van der Waals surface area contributed by atoms with Crippen LogP contribution in [0.2, 0.25) is 0 Å². The summed E-state index contributed by atoms with van der Waals surface area (Å²) in [5, 5.41) is 2.51. The molecule has 0 spiro atoms. The minimum atomic E-state index is -4.44. The lowest BCUT2D eigenvalue weighted by Crippen LogP contribution is -2.16. The van der Waals surface area contributed by atoms with Crippen molar-refractivity contribution in [3.05, 3.63) is 51.8 Å². The van der Waals surface area contributed by atoms with E-state index in [4.69, 9.17) is 0 Å². The SMILES string of the molecule is Cc1ccc(C(F)(F)F)cc1NC(=O)c1cc(Br)cn1C. The zero-order valence-corrected chi connectivity index (χ0v) is 12.8. The number of alkyl halides is 3. The third-order valence-electron chi connectivity index (χ3n) is 3.02. The molecule has 7 heteroatoms. The van der Waals surface area contributed by atoms with Gasteiger partial charge >= 0.3 is 6.18 Å². The van der Waals surface area contributed by atoms with E-state index in [1.54, 1.807) is 30.8 Å². The van der Waals surface area contributed by atoms with E-state index >= 15 is 0 Å². The molecule has 0 bridgehead atoms. The molecule has 0 unspecified atom stereocenters. The van der Waals surface area contributed by atoms with Crippen molar-refractivity contribution < 1.29 is 18.0 Å². The molecule has 0 saturated carbocycles. The van der Waals surface area contributed by atoms with Gasteiger partial charge in [-0.05, 0) is 46.6 Å². The van der Waals surface area contributed by atoms with E-state index in [1.807, 2.05) is 0 Å². The molecular formula is C14H12BrF3N2O. The first kappa shape index (κ1) is 15.6. The molecule has 21 heavy (non-hydrogen) atoms. The molecule has 0 aliphatic rings. The number of carbonyl (C=O) groups excluding carboxylic acids is 1. The molecule has 0 aliphatic carbocycles. The first-order valence-corrected chi connectivity index (χ1v) is 6.79. The highest BCUT2D eigenvalue weighted by Crippen LogP contribution is 2.32. The molecule has 1 N–H and O–H groups in total. The van der Waals surface area contributed by atoms with Gasteiger partial charge in [0.1, 0.15) is 5.69 Å². The Morgan fingerprint density at radius 1 is 1.29 bits per heavy atom. The fourth-order valence-corrected chi connectivity index (χ4v) is 2.39. The molecule has 1 heterocycles. The highest BCUT2D eigenvalue weighted by molar-refractivity contribution is 9.10. The summed E-state index contributed by atoms with van der Waals surface area (Å²) in [6.45, 7) is 1.64. The van der Waals surface area contributed by atoms with Crippen molar-refractivity contribution in [2.75, 3.05) is 5.32 Å². The van der Waals surface area contributed by atoms with Gasteiger partial charge in [0.2, 0.25) is 0 Å². The van der Waals surface area contributed by atoms with E-state index in [0.29, 0.717) is 11.3 Å². The van der Waals surface area contributed by atoms with E-state index < -0.39 is 17.6 Å². The maximum absolute atomic E-state index is 12.7. The minimum absolute atomic E-state index is 0.146. The topological polar surface area (TPSA) is 34.0 Å². The molecule has 112 valence electrons. The van der Waals surface area contributed by atoms with Crippen molar-refractivity contribution in [2.45, 2.75) is 13.1 Å². The zero-order chi connectivity index (χ0) is 15.8. The maximum Gasteiger partial charge on any atom is 0.416 e. The summed E-state index contributed by atoms with van der Waals surface area (Å²) in [6.07, 6.45) is -2.75. The summed E-state index contributed by atoms with van der Waals surface area (Å²) in [5.74, 6) is -0.467. The number of hydrogen-bond donors (Lipinski definition) is 1. The Kier molecular flexibility index (Phi) is 4.13. The molecule has 0 aliphatic heterocycles. The Bertz CT molecular complexity index is 692. The average Bonchev–Trinajstić information content (AvgIpc) is 2.70. The Balaban J connectivity index is 2.31. The molecule has 0 saturated heterocycles. The Morgan fingerprint density at radius 3 is 2.48 bits per heavy atom. The van der Waals surface area contributed by atoms with Crippen LogP contribution < -0.4 is 5.32 Å². The molecule has 1 aromatic carbocycles. The van der Waals surface area contributed by atoms with Crippen molar-refractivity contribution in [1.29, 1.82) is 0 Å². The van der Waals surface area contributed by atoms with Crippen molar-refractivity contribution in [1.82, 2.24) is 4.57 Å². The van der Waals surface area contributed by atoms with Crippen LogP contribution in [0.3, 0.4) is 0 Å². The van der Waals surface area contributed by atoms with Gasteiger partial charge in [0.05, 0.1) is 5.56 Å². The standard InChI is InChI=1S/C14H12BrF3N2O/c1-8-3-4-9(14(16,17)18)5-11(8)19-13(21)12-6-10(15)7-20(12)2/h3-7H,1-2H3,(H,19,21). The molecule has 0 fully saturated rings. The van der Waals surface area contributed by atoms with Crippen LogP contribution in [0.1, 0.15) is 21.6 Å². The van der Waals surface area contributed by atoms with Gasteiger partial charge in [-0.3, -0.25) is 4.79 Å². The van der Waals surface area contributed by atoms with Crippen LogP contribution in [0, 0.1) is 6.92 Å². The molecule has 1 amide bonds. The fourth-order valence-electron chi connectivity index (χ4n) is 1.87. The number of nitrogens with one attached hydrogen (secondary N) is 1. The van der Waals surface area contributed by atoms with Gasteiger partial charge in [0.15, 0.2) is 0 Å². The molecule has 2 aromatic rings. The highest BCUT2D eigenvalue weighted by atomic mass is 79.9. The van der Waals surface area contributed by atoms with Gasteiger partial charge in [-0.25, -0.2) is 0 Å². The lowest BCUT2D eigenvalue weighted by Gasteiger charge is -2.12. The van der Waals surface area contributed by atoms with Gasteiger partial charge in [-0.1, -0.05) is 6.07 Å². The van der Waals surface area contributed by atoms with Gasteiger partial charge in [-0.15, -0.1) is 0 Å². The first-order valence-electron chi connectivity index (χ1n) is 5.99. The predicted octanol–water partition coefficient (Wildman–Crippen LogP) is 4.37. The van der Waals surface area contributed by atoms with Gasteiger partial charge in [-0.2, -0.15) is 13.2 Å². The largest absolute Gasteiger partial charge is 0.416 e. The number of nitrogens with zero attached hydrogens (tertiary/aromatic N) is 1. The quantitative estimate of drug-likeness (QED) is 0.847. The van der Waals surface area contributed by atoms with Crippen molar-refractivity contribution in [3.63, 3.8) is 0 Å². The summed E-state index contributed by atoms with van der Waals surface area (Å²) in [6, 6.07) is 4.85. The van der Waals surface area contributed by atoms with Crippen LogP contribution in [0.4, 0.5) is 18.9 Å². The molecule has 3 nitrogen and oxygen atoms in total. The van der Waals surface area contributed by atoms with Crippen LogP contribution in [0.25, 0.3) is 0 Å². The average molecular weight is 361 g/mol. The van der Waals surface area contributed by atoms with E-state index in [1.165, 1.54) is 6.07 Å². The van der Waals surface area contributed by atoms with Gasteiger partial charge in [0.25, 0.3) is 5.91 Å². The van der Waals surface area contributed by atoms with Crippen LogP contribution in [0.5, 0.6) is 0 Å². The molecule has 1 aromatic heterocycles. The summed E-state index contributed by atoms with van der Waals surface area (Å²) < 4.78 is 40.4. The number of rotatable bonds is 2. The molecule has 0 radical (unpaired) electrons. The van der Waals surface area contributed by atoms with Crippen molar-refractivity contribution in [2.24, 2.45) is 7.05 Å². The minimum Gasteiger partial charge on any atom is -0.345 e. The highest BCUT2D eigenvalue weighted by Gasteiger charge is 2.31. The maximum atomic E-state index is 12.7. The van der Waals surface area contributed by atoms with Crippen molar-refractivity contribution >= 4 is 27.5 Å². The zero-order valence-electron chi connectivity index (χ0n) is 11.3. The van der Waals surface area contributed by atoms with Crippen LogP contribution >= 0.6 is 15.9 Å². The Morgan fingerprint density at radius 2 is 1.95 bits per heavy atom. The molecule has 0 atom stereocenters. The van der Waals surface area contributed by atoms with E-state index in [2.05, 4.69) is 21.2 Å². The number of aryl methyl sites for hydroxylation is 2. The third kappa shape index (κ3) is 3.47. The number of halogens is 4. The smallest absolute Gasteiger partial charge is 0.345 e. The summed E-state index contributed by atoms with van der Waals surface area (Å²) >= 11 is 3.24. The summed E-state index contributed by atoms with van der Waals surface area (Å²) in [5.41, 5.74) is 0.256. The summed E-state index contributed by atoms with van der Waals surface area (Å²) in [7, 11) is 1.68. The number of hydrogen-bond acceptors (Lipinski definition) is 1. The molecular weight excluding hydrogens is 349 g/mol. The third-order valence-corrected chi connectivity index (χ3v) is 3.45. The number of amides is 1. The second kappa shape index (κ2) is 5.55. The van der Waals surface area contributed by atoms with Crippen LogP contribution in [-0.4, -0.2) is 10.5 Å².